The highest BCUT2D eigenvalue weighted by Crippen LogP contribution is 2.21. The van der Waals surface area contributed by atoms with Crippen molar-refractivity contribution >= 4 is 23.3 Å². The predicted molar refractivity (Wildman–Crippen MR) is 89.1 cm³/mol. The van der Waals surface area contributed by atoms with Crippen LogP contribution in [0.5, 0.6) is 0 Å². The fourth-order valence-electron chi connectivity index (χ4n) is 2.81. The Hall–Kier alpha value is -2.04. The van der Waals surface area contributed by atoms with E-state index < -0.39 is 0 Å². The van der Waals surface area contributed by atoms with Crippen LogP contribution in [-0.4, -0.2) is 18.0 Å². The first-order valence-corrected chi connectivity index (χ1v) is 8.00. The molecule has 120 valence electrons. The van der Waals surface area contributed by atoms with Crippen molar-refractivity contribution in [2.24, 2.45) is 0 Å². The Kier molecular flexibility index (Phi) is 5.81. The quantitative estimate of drug-likeness (QED) is 0.743. The highest BCUT2D eigenvalue weighted by atomic mass is 16.2. The van der Waals surface area contributed by atoms with Crippen molar-refractivity contribution in [2.75, 3.05) is 10.6 Å². The zero-order valence-corrected chi connectivity index (χ0v) is 13.4. The fourth-order valence-corrected chi connectivity index (χ4v) is 2.81. The largest absolute Gasteiger partial charge is 0.335 e. The molecule has 0 radical (unpaired) electrons. The predicted octanol–water partition coefficient (Wildman–Crippen LogP) is 3.80. The van der Waals surface area contributed by atoms with Gasteiger partial charge in [0.05, 0.1) is 0 Å². The summed E-state index contributed by atoms with van der Waals surface area (Å²) >= 11 is 0. The maximum Gasteiger partial charge on any atom is 0.319 e. The molecule has 1 fully saturated rings. The third kappa shape index (κ3) is 5.06. The number of aryl methyl sites for hydroxylation is 1. The summed E-state index contributed by atoms with van der Waals surface area (Å²) in [5, 5.41) is 8.67. The number of hydrogen-bond acceptors (Lipinski definition) is 2. The number of carbonyl (C=O) groups excluding carboxylic acids is 2. The zero-order chi connectivity index (χ0) is 15.9. The van der Waals surface area contributed by atoms with Crippen LogP contribution in [0.2, 0.25) is 0 Å². The van der Waals surface area contributed by atoms with E-state index in [1.165, 1.54) is 32.6 Å². The van der Waals surface area contributed by atoms with E-state index in [0.29, 0.717) is 5.69 Å². The molecule has 1 aliphatic rings. The third-order valence-electron chi connectivity index (χ3n) is 4.00. The van der Waals surface area contributed by atoms with Crippen LogP contribution in [0, 0.1) is 6.92 Å². The van der Waals surface area contributed by atoms with Gasteiger partial charge in [-0.05, 0) is 37.5 Å². The van der Waals surface area contributed by atoms with Crippen molar-refractivity contribution in [3.05, 3.63) is 23.8 Å². The van der Waals surface area contributed by atoms with E-state index in [1.807, 2.05) is 19.1 Å². The molecule has 3 amide bonds. The number of benzene rings is 1. The molecule has 3 N–H and O–H groups in total. The summed E-state index contributed by atoms with van der Waals surface area (Å²) in [5.41, 5.74) is 2.37. The van der Waals surface area contributed by atoms with Crippen molar-refractivity contribution in [1.29, 1.82) is 0 Å². The first kappa shape index (κ1) is 16.3. The molecular formula is C17H25N3O2. The first-order valence-electron chi connectivity index (χ1n) is 8.00. The minimum absolute atomic E-state index is 0.127. The van der Waals surface area contributed by atoms with Crippen LogP contribution >= 0.6 is 0 Å². The lowest BCUT2D eigenvalue weighted by Crippen LogP contribution is -2.37. The minimum Gasteiger partial charge on any atom is -0.335 e. The van der Waals surface area contributed by atoms with Gasteiger partial charge in [0.15, 0.2) is 0 Å². The number of urea groups is 1. The lowest BCUT2D eigenvalue weighted by molar-refractivity contribution is -0.114. The van der Waals surface area contributed by atoms with Crippen LogP contribution in [-0.2, 0) is 4.79 Å². The molecule has 2 rings (SSSR count). The Labute approximate surface area is 131 Å². The third-order valence-corrected chi connectivity index (χ3v) is 4.00. The van der Waals surface area contributed by atoms with E-state index in [1.54, 1.807) is 6.07 Å². The molecule has 5 nitrogen and oxygen atoms in total. The van der Waals surface area contributed by atoms with Gasteiger partial charge in [-0.2, -0.15) is 0 Å². The standard InChI is InChI=1S/C17H25N3O2/c1-12-9-10-15(18-13(2)21)11-16(12)20-17(22)19-14-7-5-3-4-6-8-14/h9-11,14H,3-8H2,1-2H3,(H,18,21)(H2,19,20,22). The number of amides is 3. The molecule has 0 bridgehead atoms. The molecule has 0 heterocycles. The average Bonchev–Trinajstić information content (AvgIpc) is 2.70. The molecule has 0 saturated heterocycles. The molecule has 0 unspecified atom stereocenters. The number of anilines is 2. The molecule has 1 aromatic rings. The van der Waals surface area contributed by atoms with Gasteiger partial charge < -0.3 is 16.0 Å². The summed E-state index contributed by atoms with van der Waals surface area (Å²) in [6.07, 6.45) is 7.00. The number of rotatable bonds is 3. The van der Waals surface area contributed by atoms with Crippen LogP contribution in [0.1, 0.15) is 51.0 Å². The molecule has 0 spiro atoms. The van der Waals surface area contributed by atoms with Gasteiger partial charge in [-0.25, -0.2) is 4.79 Å². The van der Waals surface area contributed by atoms with Crippen LogP contribution in [0.25, 0.3) is 0 Å². The van der Waals surface area contributed by atoms with Gasteiger partial charge in [0.2, 0.25) is 5.91 Å². The van der Waals surface area contributed by atoms with Crippen molar-refractivity contribution in [2.45, 2.75) is 58.4 Å². The van der Waals surface area contributed by atoms with Gasteiger partial charge in [0, 0.05) is 24.3 Å². The van der Waals surface area contributed by atoms with Crippen LogP contribution in [0.15, 0.2) is 18.2 Å². The molecule has 5 heteroatoms. The Balaban J connectivity index is 1.96. The summed E-state index contributed by atoms with van der Waals surface area (Å²) in [7, 11) is 0. The fraction of sp³-hybridized carbons (Fsp3) is 0.529. The van der Waals surface area contributed by atoms with Crippen LogP contribution in [0.4, 0.5) is 16.2 Å². The second-order valence-electron chi connectivity index (χ2n) is 6.00. The normalized spacial score (nSPS) is 15.7. The summed E-state index contributed by atoms with van der Waals surface area (Å²) in [5.74, 6) is -0.127. The van der Waals surface area contributed by atoms with Gasteiger partial charge in [0.25, 0.3) is 0 Å². The monoisotopic (exact) mass is 303 g/mol. The van der Waals surface area contributed by atoms with Crippen molar-refractivity contribution in [3.63, 3.8) is 0 Å². The van der Waals surface area contributed by atoms with Crippen molar-refractivity contribution in [1.82, 2.24) is 5.32 Å². The molecule has 0 atom stereocenters. The summed E-state index contributed by atoms with van der Waals surface area (Å²) in [6, 6.07) is 5.58. The van der Waals surface area contributed by atoms with Gasteiger partial charge >= 0.3 is 6.03 Å². The number of nitrogens with one attached hydrogen (secondary N) is 3. The van der Waals surface area contributed by atoms with E-state index >= 15 is 0 Å². The number of hydrogen-bond donors (Lipinski definition) is 3. The van der Waals surface area contributed by atoms with Gasteiger partial charge in [-0.15, -0.1) is 0 Å². The maximum absolute atomic E-state index is 12.2. The van der Waals surface area contributed by atoms with Crippen molar-refractivity contribution in [3.8, 4) is 0 Å². The minimum atomic E-state index is -0.171. The molecule has 0 aliphatic heterocycles. The van der Waals surface area contributed by atoms with Gasteiger partial charge in [0.1, 0.15) is 0 Å². The highest BCUT2D eigenvalue weighted by molar-refractivity contribution is 5.93. The van der Waals surface area contributed by atoms with Crippen LogP contribution < -0.4 is 16.0 Å². The Morgan fingerprint density at radius 1 is 1.05 bits per heavy atom. The lowest BCUT2D eigenvalue weighted by Gasteiger charge is -2.18. The van der Waals surface area contributed by atoms with E-state index in [4.69, 9.17) is 0 Å². The SMILES string of the molecule is CC(=O)Nc1ccc(C)c(NC(=O)NC2CCCCCC2)c1. The summed E-state index contributed by atoms with van der Waals surface area (Å²) in [6.45, 7) is 3.39. The van der Waals surface area contributed by atoms with E-state index in [-0.39, 0.29) is 18.0 Å². The average molecular weight is 303 g/mol. The highest BCUT2D eigenvalue weighted by Gasteiger charge is 2.15. The second kappa shape index (κ2) is 7.82. The van der Waals surface area contributed by atoms with Crippen LogP contribution in [0.3, 0.4) is 0 Å². The molecule has 1 aromatic carbocycles. The number of carbonyl (C=O) groups is 2. The molecule has 22 heavy (non-hydrogen) atoms. The second-order valence-corrected chi connectivity index (χ2v) is 6.00. The lowest BCUT2D eigenvalue weighted by atomic mass is 10.1. The Morgan fingerprint density at radius 2 is 1.73 bits per heavy atom. The van der Waals surface area contributed by atoms with E-state index in [0.717, 1.165) is 24.1 Å². The Bertz CT molecular complexity index is 535. The molecule has 1 aliphatic carbocycles. The topological polar surface area (TPSA) is 70.2 Å². The molecular weight excluding hydrogens is 278 g/mol. The zero-order valence-electron chi connectivity index (χ0n) is 13.4. The molecule has 0 aromatic heterocycles. The smallest absolute Gasteiger partial charge is 0.319 e. The maximum atomic E-state index is 12.2. The van der Waals surface area contributed by atoms with Crippen molar-refractivity contribution < 1.29 is 9.59 Å². The van der Waals surface area contributed by atoms with E-state index in [2.05, 4.69) is 16.0 Å². The molecule has 1 saturated carbocycles. The van der Waals surface area contributed by atoms with Gasteiger partial charge in [-0.3, -0.25) is 4.79 Å². The summed E-state index contributed by atoms with van der Waals surface area (Å²) < 4.78 is 0. The van der Waals surface area contributed by atoms with E-state index in [9.17, 15) is 9.59 Å². The first-order chi connectivity index (χ1) is 10.5. The Morgan fingerprint density at radius 3 is 2.36 bits per heavy atom. The summed E-state index contributed by atoms with van der Waals surface area (Å²) in [4.78, 5) is 23.3. The van der Waals surface area contributed by atoms with Gasteiger partial charge in [-0.1, -0.05) is 31.7 Å².